The molecule has 0 aromatic carbocycles. The number of ketones is 1. The normalized spacial score (nSPS) is 43.0. The topological polar surface area (TPSA) is 63.6 Å². The summed E-state index contributed by atoms with van der Waals surface area (Å²) in [5, 5.41) is 9.85. The van der Waals surface area contributed by atoms with Gasteiger partial charge in [0, 0.05) is 5.92 Å². The van der Waals surface area contributed by atoms with E-state index in [1.807, 2.05) is 0 Å². The molecule has 21 heavy (non-hydrogen) atoms. The minimum atomic E-state index is -1.26. The Morgan fingerprint density at radius 2 is 2.00 bits per heavy atom. The first-order valence-electron chi connectivity index (χ1n) is 8.52. The zero-order valence-electron chi connectivity index (χ0n) is 12.9. The van der Waals surface area contributed by atoms with Crippen LogP contribution in [0.5, 0.6) is 0 Å². The monoisotopic (exact) mass is 294 g/mol. The van der Waals surface area contributed by atoms with Crippen LogP contribution in [0.3, 0.4) is 0 Å². The van der Waals surface area contributed by atoms with Gasteiger partial charge in [-0.05, 0) is 32.1 Å². The second kappa shape index (κ2) is 5.38. The molecule has 4 nitrogen and oxygen atoms in total. The second-order valence-corrected chi connectivity index (χ2v) is 7.11. The Hall–Kier alpha value is -0.900. The van der Waals surface area contributed by atoms with E-state index in [1.165, 1.54) is 0 Å². The lowest BCUT2D eigenvalue weighted by Gasteiger charge is -2.47. The van der Waals surface area contributed by atoms with Gasteiger partial charge in [-0.25, -0.2) is 0 Å². The molecule has 0 radical (unpaired) electrons. The fourth-order valence-corrected chi connectivity index (χ4v) is 5.00. The quantitative estimate of drug-likeness (QED) is 0.811. The molecule has 2 saturated heterocycles. The fourth-order valence-electron chi connectivity index (χ4n) is 5.00. The lowest BCUT2D eigenvalue weighted by molar-refractivity contribution is -0.199. The van der Waals surface area contributed by atoms with E-state index in [2.05, 4.69) is 6.92 Å². The highest BCUT2D eigenvalue weighted by Gasteiger charge is 2.67. The van der Waals surface area contributed by atoms with Crippen molar-refractivity contribution in [1.82, 2.24) is 0 Å². The van der Waals surface area contributed by atoms with Crippen molar-refractivity contribution < 1.29 is 19.4 Å². The molecule has 1 aliphatic carbocycles. The number of rotatable bonds is 3. The first-order chi connectivity index (χ1) is 10.1. The van der Waals surface area contributed by atoms with E-state index in [9.17, 15) is 14.7 Å². The Bertz CT molecular complexity index is 446. The Labute approximate surface area is 126 Å². The number of carboxylic acids is 1. The third kappa shape index (κ3) is 2.06. The third-order valence-electron chi connectivity index (χ3n) is 6.02. The van der Waals surface area contributed by atoms with E-state index < -0.39 is 17.5 Å². The molecular formula is C17H26O4. The predicted octanol–water partition coefficient (Wildman–Crippen LogP) is 3.33. The molecule has 0 amide bonds. The lowest BCUT2D eigenvalue weighted by atomic mass is 9.65. The van der Waals surface area contributed by atoms with E-state index in [4.69, 9.17) is 4.74 Å². The van der Waals surface area contributed by atoms with Gasteiger partial charge in [-0.2, -0.15) is 0 Å². The molecular weight excluding hydrogens is 268 g/mol. The maximum absolute atomic E-state index is 13.2. The molecule has 1 saturated carbocycles. The Kier molecular flexibility index (Phi) is 3.85. The van der Waals surface area contributed by atoms with Gasteiger partial charge >= 0.3 is 5.97 Å². The minimum absolute atomic E-state index is 0.0147. The largest absolute Gasteiger partial charge is 0.480 e. The van der Waals surface area contributed by atoms with Gasteiger partial charge in [0.25, 0.3) is 0 Å². The number of ether oxygens (including phenoxy) is 1. The number of carbonyl (C=O) groups is 2. The van der Waals surface area contributed by atoms with Crippen LogP contribution in [-0.2, 0) is 14.3 Å². The summed E-state index contributed by atoms with van der Waals surface area (Å²) in [6, 6.07) is 0. The average molecular weight is 294 g/mol. The molecule has 2 aliphatic heterocycles. The standard InChI is InChI=1S/C17H26O4/c1-2-9-16-11-8-13(21-16)17(15(19)20)10-6-4-3-5-7-12(16)14(17)18/h12-13H,2-11H2,1H3,(H,19,20)/t12-,13-,16+,17+/m0/s1. The number of carbonyl (C=O) groups excluding carboxylic acids is 1. The molecule has 4 heteroatoms. The van der Waals surface area contributed by atoms with Crippen molar-refractivity contribution in [3.05, 3.63) is 0 Å². The molecule has 0 spiro atoms. The number of Topliss-reactive ketones (excluding diaryl/α,β-unsaturated/α-hetero) is 1. The van der Waals surface area contributed by atoms with E-state index in [0.717, 1.165) is 57.8 Å². The summed E-state index contributed by atoms with van der Waals surface area (Å²) in [6.07, 6.45) is 8.30. The summed E-state index contributed by atoms with van der Waals surface area (Å²) in [5.41, 5.74) is -1.62. The zero-order chi connectivity index (χ0) is 15.1. The maximum atomic E-state index is 13.2. The van der Waals surface area contributed by atoms with Crippen molar-refractivity contribution in [3.63, 3.8) is 0 Å². The van der Waals surface area contributed by atoms with Crippen LogP contribution in [0, 0.1) is 11.3 Å². The first kappa shape index (κ1) is 15.0. The Morgan fingerprint density at radius 1 is 1.24 bits per heavy atom. The van der Waals surface area contributed by atoms with Gasteiger partial charge in [0.1, 0.15) is 0 Å². The van der Waals surface area contributed by atoms with Crippen LogP contribution in [0.4, 0.5) is 0 Å². The highest BCUT2D eigenvalue weighted by Crippen LogP contribution is 2.56. The van der Waals surface area contributed by atoms with Crippen LogP contribution in [-0.4, -0.2) is 28.6 Å². The van der Waals surface area contributed by atoms with Crippen molar-refractivity contribution in [2.24, 2.45) is 11.3 Å². The summed E-state index contributed by atoms with van der Waals surface area (Å²) < 4.78 is 6.32. The SMILES string of the molecule is CCC[C@]12CC[C@H](O1)[C@]1(C(=O)O)CCCCCC[C@H]2C1=O. The van der Waals surface area contributed by atoms with Crippen LogP contribution >= 0.6 is 0 Å². The number of fused-ring (bicyclic) bond motifs is 6. The second-order valence-electron chi connectivity index (χ2n) is 7.11. The van der Waals surface area contributed by atoms with Crippen molar-refractivity contribution in [2.75, 3.05) is 0 Å². The van der Waals surface area contributed by atoms with Gasteiger partial charge in [-0.1, -0.05) is 39.0 Å². The highest BCUT2D eigenvalue weighted by atomic mass is 16.5. The number of carboxylic acid groups (broad SMARTS) is 1. The van der Waals surface area contributed by atoms with Crippen LogP contribution in [0.1, 0.15) is 71.1 Å². The lowest BCUT2D eigenvalue weighted by Crippen LogP contribution is -2.60. The van der Waals surface area contributed by atoms with E-state index in [0.29, 0.717) is 6.42 Å². The van der Waals surface area contributed by atoms with Crippen LogP contribution in [0.25, 0.3) is 0 Å². The summed E-state index contributed by atoms with van der Waals surface area (Å²) in [6.45, 7) is 2.12. The number of aliphatic carboxylic acids is 1. The summed E-state index contributed by atoms with van der Waals surface area (Å²) in [7, 11) is 0. The zero-order valence-corrected chi connectivity index (χ0v) is 12.9. The van der Waals surface area contributed by atoms with Gasteiger partial charge < -0.3 is 9.84 Å². The summed E-state index contributed by atoms with van der Waals surface area (Å²) >= 11 is 0. The fraction of sp³-hybridized carbons (Fsp3) is 0.882. The molecule has 3 fully saturated rings. The molecule has 0 aromatic rings. The molecule has 1 N–H and O–H groups in total. The van der Waals surface area contributed by atoms with E-state index >= 15 is 0 Å². The van der Waals surface area contributed by atoms with Crippen molar-refractivity contribution in [3.8, 4) is 0 Å². The number of hydrogen-bond acceptors (Lipinski definition) is 3. The molecule has 4 bridgehead atoms. The molecule has 4 atom stereocenters. The van der Waals surface area contributed by atoms with E-state index in [-0.39, 0.29) is 17.3 Å². The Balaban J connectivity index is 2.05. The average Bonchev–Trinajstić information content (AvgIpc) is 2.83. The highest BCUT2D eigenvalue weighted by molar-refractivity contribution is 6.06. The smallest absolute Gasteiger partial charge is 0.319 e. The van der Waals surface area contributed by atoms with Crippen molar-refractivity contribution >= 4 is 11.8 Å². The summed E-state index contributed by atoms with van der Waals surface area (Å²) in [4.78, 5) is 25.2. The minimum Gasteiger partial charge on any atom is -0.480 e. The molecule has 3 aliphatic rings. The van der Waals surface area contributed by atoms with Crippen molar-refractivity contribution in [2.45, 2.75) is 82.8 Å². The van der Waals surface area contributed by atoms with Gasteiger partial charge in [-0.15, -0.1) is 0 Å². The van der Waals surface area contributed by atoms with E-state index in [1.54, 1.807) is 0 Å². The first-order valence-corrected chi connectivity index (χ1v) is 8.52. The van der Waals surface area contributed by atoms with Crippen LogP contribution in [0.2, 0.25) is 0 Å². The van der Waals surface area contributed by atoms with Gasteiger partial charge in [-0.3, -0.25) is 9.59 Å². The van der Waals surface area contributed by atoms with Crippen LogP contribution in [0.15, 0.2) is 0 Å². The van der Waals surface area contributed by atoms with Crippen LogP contribution < -0.4 is 0 Å². The molecule has 0 aromatic heterocycles. The molecule has 2 heterocycles. The molecule has 0 unspecified atom stereocenters. The third-order valence-corrected chi connectivity index (χ3v) is 6.02. The van der Waals surface area contributed by atoms with Gasteiger partial charge in [0.2, 0.25) is 0 Å². The molecule has 3 rings (SSSR count). The number of hydrogen-bond donors (Lipinski definition) is 1. The molecule has 118 valence electrons. The van der Waals surface area contributed by atoms with Gasteiger partial charge in [0.05, 0.1) is 11.7 Å². The predicted molar refractivity (Wildman–Crippen MR) is 78.0 cm³/mol. The van der Waals surface area contributed by atoms with Crippen molar-refractivity contribution in [1.29, 1.82) is 0 Å². The Morgan fingerprint density at radius 3 is 2.71 bits per heavy atom. The summed E-state index contributed by atoms with van der Waals surface area (Å²) in [5.74, 6) is -1.17. The van der Waals surface area contributed by atoms with Gasteiger partial charge in [0.15, 0.2) is 11.2 Å². The maximum Gasteiger partial charge on any atom is 0.319 e.